The highest BCUT2D eigenvalue weighted by Crippen LogP contribution is 2.61. The number of thiophene rings is 1. The third-order valence-corrected chi connectivity index (χ3v) is 11.2. The lowest BCUT2D eigenvalue weighted by atomic mass is 9.48. The molecule has 4 aliphatic carbocycles. The molecule has 0 atom stereocenters. The fraction of sp³-hybridized carbons (Fsp3) is 0.314. The number of anilines is 1. The molecule has 12 heteroatoms. The van der Waals surface area contributed by atoms with Crippen LogP contribution in [-0.4, -0.2) is 26.6 Å². The van der Waals surface area contributed by atoms with Gasteiger partial charge in [-0.1, -0.05) is 30.3 Å². The van der Waals surface area contributed by atoms with Gasteiger partial charge in [-0.2, -0.15) is 18.3 Å². The Kier molecular flexibility index (Phi) is 6.80. The van der Waals surface area contributed by atoms with E-state index in [1.54, 1.807) is 10.9 Å². The zero-order valence-corrected chi connectivity index (χ0v) is 25.8. The monoisotopic (exact) mass is 659 g/mol. The van der Waals surface area contributed by atoms with Crippen molar-refractivity contribution < 1.29 is 27.2 Å². The summed E-state index contributed by atoms with van der Waals surface area (Å²) in [5.41, 5.74) is 6.35. The number of rotatable bonds is 6. The molecular weight excluding hydrogens is 630 g/mol. The Balaban J connectivity index is 1.29. The average molecular weight is 660 g/mol. The van der Waals surface area contributed by atoms with Crippen molar-refractivity contribution in [3.63, 3.8) is 0 Å². The SMILES string of the molecule is NC(=O)c1sc2nc(C(F)(F)F)cc(-c3ccc(F)cc3)c2c1NC(=O)c1cn(-c2ccccc2)nc1C12CC3CC(CC(C3)C1)C2. The van der Waals surface area contributed by atoms with Crippen LogP contribution in [0, 0.1) is 23.6 Å². The van der Waals surface area contributed by atoms with Gasteiger partial charge in [-0.3, -0.25) is 9.59 Å². The number of carbonyl (C=O) groups is 2. The summed E-state index contributed by atoms with van der Waals surface area (Å²) in [6.45, 7) is 0. The van der Waals surface area contributed by atoms with Crippen molar-refractivity contribution in [3.05, 3.63) is 94.5 Å². The normalized spacial score (nSPS) is 23.4. The highest BCUT2D eigenvalue weighted by Gasteiger charge is 2.54. The molecule has 47 heavy (non-hydrogen) atoms. The van der Waals surface area contributed by atoms with Crippen LogP contribution in [0.15, 0.2) is 66.9 Å². The maximum Gasteiger partial charge on any atom is 0.433 e. The lowest BCUT2D eigenvalue weighted by Crippen LogP contribution is -2.49. The Morgan fingerprint density at radius 3 is 2.19 bits per heavy atom. The lowest BCUT2D eigenvalue weighted by molar-refractivity contribution is -0.140. The van der Waals surface area contributed by atoms with E-state index in [1.807, 2.05) is 30.3 Å². The summed E-state index contributed by atoms with van der Waals surface area (Å²) in [7, 11) is 0. The first-order valence-electron chi connectivity index (χ1n) is 15.5. The summed E-state index contributed by atoms with van der Waals surface area (Å²) >= 11 is 0.670. The fourth-order valence-electron chi connectivity index (χ4n) is 8.62. The fourth-order valence-corrected chi connectivity index (χ4v) is 9.63. The topological polar surface area (TPSA) is 103 Å². The molecule has 0 saturated heterocycles. The van der Waals surface area contributed by atoms with Crippen molar-refractivity contribution in [1.29, 1.82) is 0 Å². The molecule has 9 rings (SSSR count). The summed E-state index contributed by atoms with van der Waals surface area (Å²) in [6.07, 6.45) is 3.31. The third-order valence-electron chi connectivity index (χ3n) is 10.1. The largest absolute Gasteiger partial charge is 0.433 e. The number of primary amides is 1. The van der Waals surface area contributed by atoms with Crippen LogP contribution in [0.25, 0.3) is 27.0 Å². The van der Waals surface area contributed by atoms with Gasteiger partial charge in [-0.05, 0) is 97.7 Å². The van der Waals surface area contributed by atoms with Crippen LogP contribution in [-0.2, 0) is 11.6 Å². The van der Waals surface area contributed by atoms with Crippen molar-refractivity contribution in [2.45, 2.75) is 50.1 Å². The maximum absolute atomic E-state index is 14.4. The van der Waals surface area contributed by atoms with Crippen molar-refractivity contribution in [1.82, 2.24) is 14.8 Å². The minimum absolute atomic E-state index is 0.0302. The molecule has 3 N–H and O–H groups in total. The minimum Gasteiger partial charge on any atom is -0.365 e. The van der Waals surface area contributed by atoms with Crippen molar-refractivity contribution in [2.24, 2.45) is 23.5 Å². The van der Waals surface area contributed by atoms with Crippen LogP contribution in [0.2, 0.25) is 0 Å². The summed E-state index contributed by atoms with van der Waals surface area (Å²) in [5, 5.41) is 8.03. The number of para-hydroxylation sites is 1. The quantitative estimate of drug-likeness (QED) is 0.180. The van der Waals surface area contributed by atoms with Crippen LogP contribution in [0.5, 0.6) is 0 Å². The van der Waals surface area contributed by atoms with Crippen LogP contribution in [0.1, 0.15) is 69.9 Å². The van der Waals surface area contributed by atoms with E-state index >= 15 is 0 Å². The van der Waals surface area contributed by atoms with Gasteiger partial charge in [0.2, 0.25) is 0 Å². The zero-order chi connectivity index (χ0) is 32.7. The third kappa shape index (κ3) is 5.09. The highest BCUT2D eigenvalue weighted by atomic mass is 32.1. The molecule has 4 aliphatic rings. The Morgan fingerprint density at radius 2 is 1.60 bits per heavy atom. The summed E-state index contributed by atoms with van der Waals surface area (Å²) in [6, 6.07) is 15.2. The molecule has 4 saturated carbocycles. The number of hydrogen-bond acceptors (Lipinski definition) is 5. The number of fused-ring (bicyclic) bond motifs is 1. The van der Waals surface area contributed by atoms with E-state index in [2.05, 4.69) is 10.3 Å². The van der Waals surface area contributed by atoms with Crippen LogP contribution >= 0.6 is 11.3 Å². The molecule has 0 unspecified atom stereocenters. The van der Waals surface area contributed by atoms with Gasteiger partial charge in [0.25, 0.3) is 11.8 Å². The number of carbonyl (C=O) groups excluding carboxylic acids is 2. The molecule has 4 fully saturated rings. The van der Waals surface area contributed by atoms with Gasteiger partial charge in [0.05, 0.1) is 22.6 Å². The number of halogens is 4. The standard InChI is InChI=1S/C35H29F4N5O2S/c36-22-8-6-21(7-9-22)24-13-26(35(37,38)39)41-33-27(24)28(29(47-33)31(40)45)42-32(46)25-17-44(23-4-2-1-3-5-23)43-30(25)34-14-18-10-19(15-34)12-20(11-18)16-34/h1-9,13,17-20H,10-12,14-16H2,(H2,40,45)(H,42,46). The number of alkyl halides is 3. The first-order valence-corrected chi connectivity index (χ1v) is 16.4. The molecule has 5 aromatic rings. The summed E-state index contributed by atoms with van der Waals surface area (Å²) < 4.78 is 57.5. The molecule has 7 nitrogen and oxygen atoms in total. The van der Waals surface area contributed by atoms with Gasteiger partial charge >= 0.3 is 6.18 Å². The van der Waals surface area contributed by atoms with Gasteiger partial charge in [0.15, 0.2) is 0 Å². The van der Waals surface area contributed by atoms with Gasteiger partial charge in [0.1, 0.15) is 21.2 Å². The molecule has 0 radical (unpaired) electrons. The van der Waals surface area contributed by atoms with Gasteiger partial charge in [0, 0.05) is 17.0 Å². The number of nitrogens with zero attached hydrogens (tertiary/aromatic N) is 3. The number of hydrogen-bond donors (Lipinski definition) is 2. The van der Waals surface area contributed by atoms with Crippen molar-refractivity contribution in [2.75, 3.05) is 5.32 Å². The van der Waals surface area contributed by atoms with Crippen LogP contribution in [0.3, 0.4) is 0 Å². The molecule has 0 spiro atoms. The minimum atomic E-state index is -4.80. The highest BCUT2D eigenvalue weighted by molar-refractivity contribution is 7.21. The van der Waals surface area contributed by atoms with E-state index < -0.39 is 29.5 Å². The van der Waals surface area contributed by atoms with E-state index in [-0.39, 0.29) is 37.3 Å². The van der Waals surface area contributed by atoms with Crippen LogP contribution < -0.4 is 11.1 Å². The number of nitrogens with one attached hydrogen (secondary N) is 1. The molecule has 240 valence electrons. The molecule has 3 heterocycles. The molecular formula is C35H29F4N5O2S. The van der Waals surface area contributed by atoms with Crippen molar-refractivity contribution in [3.8, 4) is 16.8 Å². The van der Waals surface area contributed by atoms with E-state index in [0.717, 1.165) is 43.1 Å². The number of benzene rings is 2. The Morgan fingerprint density at radius 1 is 0.957 bits per heavy atom. The smallest absolute Gasteiger partial charge is 0.365 e. The lowest BCUT2D eigenvalue weighted by Gasteiger charge is -2.56. The molecule has 2 aromatic carbocycles. The first kappa shape index (κ1) is 29.8. The van der Waals surface area contributed by atoms with E-state index in [9.17, 15) is 27.2 Å². The number of pyridine rings is 1. The molecule has 2 amide bonds. The number of aromatic nitrogens is 3. The first-order chi connectivity index (χ1) is 22.5. The van der Waals surface area contributed by atoms with Gasteiger partial charge in [-0.15, -0.1) is 11.3 Å². The van der Waals surface area contributed by atoms with Crippen LogP contribution in [0.4, 0.5) is 23.2 Å². The molecule has 0 aliphatic heterocycles. The Bertz CT molecular complexity index is 2020. The maximum atomic E-state index is 14.4. The second kappa shape index (κ2) is 10.7. The summed E-state index contributed by atoms with van der Waals surface area (Å²) in [5.74, 6) is -0.317. The second-order valence-electron chi connectivity index (χ2n) is 13.2. The average Bonchev–Trinajstić information content (AvgIpc) is 3.64. The van der Waals surface area contributed by atoms with E-state index in [1.165, 1.54) is 31.4 Å². The molecule has 4 bridgehead atoms. The predicted molar refractivity (Wildman–Crippen MR) is 170 cm³/mol. The number of amides is 2. The molecule has 3 aromatic heterocycles. The second-order valence-corrected chi connectivity index (χ2v) is 14.2. The van der Waals surface area contributed by atoms with Gasteiger partial charge < -0.3 is 11.1 Å². The van der Waals surface area contributed by atoms with E-state index in [4.69, 9.17) is 10.8 Å². The van der Waals surface area contributed by atoms with Gasteiger partial charge in [-0.25, -0.2) is 14.1 Å². The number of nitrogens with two attached hydrogens (primary N) is 1. The predicted octanol–water partition coefficient (Wildman–Crippen LogP) is 8.13. The zero-order valence-electron chi connectivity index (χ0n) is 25.0. The Labute approximate surface area is 270 Å². The Hall–Kier alpha value is -4.58. The van der Waals surface area contributed by atoms with E-state index in [0.29, 0.717) is 40.3 Å². The van der Waals surface area contributed by atoms with Crippen molar-refractivity contribution >= 4 is 39.1 Å². The summed E-state index contributed by atoms with van der Waals surface area (Å²) in [4.78, 5) is 30.7.